The van der Waals surface area contributed by atoms with E-state index in [0.29, 0.717) is 32.2 Å². The minimum Gasteiger partial charge on any atom is -0.480 e. The number of nitrogens with two attached hydrogens (primary N) is 4. The molecule has 4 unspecified atom stereocenters. The Hall–Kier alpha value is -3.26. The summed E-state index contributed by atoms with van der Waals surface area (Å²) in [6.07, 6.45) is 1.25. The quantitative estimate of drug-likeness (QED) is 0.114. The number of hydrogen-bond acceptors (Lipinski definition) is 8. The lowest BCUT2D eigenvalue weighted by atomic mass is 10.1. The zero-order valence-corrected chi connectivity index (χ0v) is 19.0. The lowest BCUT2D eigenvalue weighted by Crippen LogP contribution is -2.57. The highest BCUT2D eigenvalue weighted by atomic mass is 16.4. The lowest BCUT2D eigenvalue weighted by Gasteiger charge is -2.30. The van der Waals surface area contributed by atoms with Gasteiger partial charge in [-0.2, -0.15) is 0 Å². The third-order valence-corrected chi connectivity index (χ3v) is 5.45. The van der Waals surface area contributed by atoms with E-state index >= 15 is 0 Å². The number of unbranched alkanes of at least 4 members (excludes halogenated alkanes) is 1. The Morgan fingerprint density at radius 1 is 0.971 bits per heavy atom. The van der Waals surface area contributed by atoms with Crippen molar-refractivity contribution in [1.82, 2.24) is 15.5 Å². The number of nitrogens with one attached hydrogen (secondary N) is 2. The van der Waals surface area contributed by atoms with Gasteiger partial charge in [-0.15, -0.1) is 0 Å². The molecular weight excluding hydrogens is 450 g/mol. The Bertz CT molecular complexity index is 776. The summed E-state index contributed by atoms with van der Waals surface area (Å²) in [5.41, 5.74) is 21.3. The van der Waals surface area contributed by atoms with E-state index in [4.69, 9.17) is 22.9 Å². The number of amides is 5. The van der Waals surface area contributed by atoms with Crippen molar-refractivity contribution in [2.45, 2.75) is 75.5 Å². The first kappa shape index (κ1) is 28.8. The van der Waals surface area contributed by atoms with Gasteiger partial charge in [-0.05, 0) is 45.1 Å². The van der Waals surface area contributed by atoms with Gasteiger partial charge in [-0.25, -0.2) is 4.79 Å². The molecule has 1 heterocycles. The molecule has 1 fully saturated rings. The molecule has 4 atom stereocenters. The summed E-state index contributed by atoms with van der Waals surface area (Å²) >= 11 is 0. The summed E-state index contributed by atoms with van der Waals surface area (Å²) in [6, 6.07) is -4.61. The van der Waals surface area contributed by atoms with Crippen molar-refractivity contribution >= 4 is 35.5 Å². The third-order valence-electron chi connectivity index (χ3n) is 5.45. The van der Waals surface area contributed by atoms with Crippen LogP contribution >= 0.6 is 0 Å². The van der Waals surface area contributed by atoms with Crippen LogP contribution in [0.5, 0.6) is 0 Å². The van der Waals surface area contributed by atoms with Crippen molar-refractivity contribution in [3.05, 3.63) is 0 Å². The van der Waals surface area contributed by atoms with Gasteiger partial charge in [-0.1, -0.05) is 0 Å². The highest BCUT2D eigenvalue weighted by Crippen LogP contribution is 2.20. The molecule has 1 aliphatic heterocycles. The van der Waals surface area contributed by atoms with Gasteiger partial charge in [-0.3, -0.25) is 24.0 Å². The smallest absolute Gasteiger partial charge is 0.326 e. The molecule has 192 valence electrons. The predicted molar refractivity (Wildman–Crippen MR) is 119 cm³/mol. The van der Waals surface area contributed by atoms with Gasteiger partial charge < -0.3 is 43.6 Å². The number of aliphatic carboxylic acids is 1. The predicted octanol–water partition coefficient (Wildman–Crippen LogP) is -3.37. The van der Waals surface area contributed by atoms with Gasteiger partial charge in [0, 0.05) is 13.0 Å². The van der Waals surface area contributed by atoms with Crippen molar-refractivity contribution in [1.29, 1.82) is 0 Å². The molecule has 0 bridgehead atoms. The Labute approximate surface area is 197 Å². The van der Waals surface area contributed by atoms with Crippen molar-refractivity contribution in [2.75, 3.05) is 13.1 Å². The topological polar surface area (TPSA) is 254 Å². The van der Waals surface area contributed by atoms with Gasteiger partial charge in [0.15, 0.2) is 0 Å². The van der Waals surface area contributed by atoms with Crippen molar-refractivity contribution < 1.29 is 33.9 Å². The van der Waals surface area contributed by atoms with Crippen LogP contribution in [0.3, 0.4) is 0 Å². The first-order valence-electron chi connectivity index (χ1n) is 11.1. The number of hydrogen-bond donors (Lipinski definition) is 7. The maximum atomic E-state index is 13.2. The zero-order chi connectivity index (χ0) is 25.8. The molecule has 0 radical (unpaired) electrons. The maximum absolute atomic E-state index is 13.2. The summed E-state index contributed by atoms with van der Waals surface area (Å²) in [5.74, 6) is -4.81. The van der Waals surface area contributed by atoms with Crippen LogP contribution in [0.2, 0.25) is 0 Å². The van der Waals surface area contributed by atoms with E-state index in [9.17, 15) is 33.9 Å². The molecule has 11 N–H and O–H groups in total. The van der Waals surface area contributed by atoms with Crippen molar-refractivity contribution in [2.24, 2.45) is 22.9 Å². The number of nitrogens with zero attached hydrogens (tertiary/aromatic N) is 1. The largest absolute Gasteiger partial charge is 0.480 e. The Kier molecular flexibility index (Phi) is 11.9. The molecule has 0 saturated carbocycles. The first-order chi connectivity index (χ1) is 16.0. The molecule has 1 rings (SSSR count). The number of carbonyl (C=O) groups is 6. The minimum atomic E-state index is -1.30. The van der Waals surface area contributed by atoms with Crippen molar-refractivity contribution in [3.8, 4) is 0 Å². The van der Waals surface area contributed by atoms with E-state index in [1.807, 2.05) is 0 Å². The Morgan fingerprint density at radius 3 is 2.21 bits per heavy atom. The highest BCUT2D eigenvalue weighted by molar-refractivity contribution is 5.95. The van der Waals surface area contributed by atoms with Gasteiger partial charge in [0.2, 0.25) is 29.5 Å². The lowest BCUT2D eigenvalue weighted by molar-refractivity contribution is -0.145. The number of carboxylic acid groups (broad SMARTS) is 1. The monoisotopic (exact) mass is 485 g/mol. The summed E-state index contributed by atoms with van der Waals surface area (Å²) in [7, 11) is 0. The van der Waals surface area contributed by atoms with Gasteiger partial charge in [0.1, 0.15) is 18.1 Å². The number of carboxylic acids is 1. The van der Waals surface area contributed by atoms with Gasteiger partial charge in [0.05, 0.1) is 12.5 Å². The fourth-order valence-electron chi connectivity index (χ4n) is 3.65. The Balaban J connectivity index is 2.94. The summed E-state index contributed by atoms with van der Waals surface area (Å²) < 4.78 is 0. The molecule has 0 aromatic rings. The van der Waals surface area contributed by atoms with Crippen LogP contribution < -0.4 is 33.6 Å². The van der Waals surface area contributed by atoms with Crippen molar-refractivity contribution in [3.63, 3.8) is 0 Å². The molecule has 34 heavy (non-hydrogen) atoms. The van der Waals surface area contributed by atoms with E-state index in [1.54, 1.807) is 0 Å². The molecule has 14 heteroatoms. The van der Waals surface area contributed by atoms with Gasteiger partial charge >= 0.3 is 5.97 Å². The normalized spacial score (nSPS) is 17.9. The highest BCUT2D eigenvalue weighted by Gasteiger charge is 2.39. The standard InChI is InChI=1S/C20H35N7O7/c21-8-2-1-4-13(20(33)34)26-18(31)14-5-3-9-27(14)19(32)12(6-7-15(23)28)25-17(30)11(22)10-16(24)29/h11-14H,1-10,21-22H2,(H2,23,28)(H2,24,29)(H,25,30)(H,26,31)(H,33,34). The summed E-state index contributed by atoms with van der Waals surface area (Å²) in [4.78, 5) is 73.4. The number of carbonyl (C=O) groups excluding carboxylic acids is 5. The molecule has 0 aliphatic carbocycles. The summed E-state index contributed by atoms with van der Waals surface area (Å²) in [6.45, 7) is 0.588. The first-order valence-corrected chi connectivity index (χ1v) is 11.1. The maximum Gasteiger partial charge on any atom is 0.326 e. The fourth-order valence-corrected chi connectivity index (χ4v) is 3.65. The van der Waals surface area contributed by atoms with Crippen LogP contribution in [-0.4, -0.2) is 82.8 Å². The molecule has 0 aromatic carbocycles. The molecule has 1 aliphatic rings. The number of likely N-dealkylation sites (tertiary alicyclic amines) is 1. The van der Waals surface area contributed by atoms with Gasteiger partial charge in [0.25, 0.3) is 0 Å². The second-order valence-electron chi connectivity index (χ2n) is 8.22. The van der Waals surface area contributed by atoms with E-state index in [1.165, 1.54) is 4.90 Å². The van der Waals surface area contributed by atoms with E-state index in [2.05, 4.69) is 10.6 Å². The van der Waals surface area contributed by atoms with E-state index in [-0.39, 0.29) is 25.8 Å². The molecule has 0 aromatic heterocycles. The molecule has 1 saturated heterocycles. The Morgan fingerprint density at radius 2 is 1.65 bits per heavy atom. The average molecular weight is 486 g/mol. The average Bonchev–Trinajstić information content (AvgIpc) is 3.24. The zero-order valence-electron chi connectivity index (χ0n) is 19.0. The van der Waals surface area contributed by atoms with Crippen LogP contribution in [0.15, 0.2) is 0 Å². The van der Waals surface area contributed by atoms with Crippen LogP contribution in [-0.2, 0) is 28.8 Å². The molecular formula is C20H35N7O7. The fraction of sp³-hybridized carbons (Fsp3) is 0.700. The number of rotatable bonds is 15. The second-order valence-corrected chi connectivity index (χ2v) is 8.22. The molecule has 0 spiro atoms. The minimum absolute atomic E-state index is 0.148. The molecule has 14 nitrogen and oxygen atoms in total. The van der Waals surface area contributed by atoms with Crippen LogP contribution in [0.1, 0.15) is 51.4 Å². The molecule has 5 amide bonds. The summed E-state index contributed by atoms with van der Waals surface area (Å²) in [5, 5.41) is 14.3. The van der Waals surface area contributed by atoms with Crippen LogP contribution in [0, 0.1) is 0 Å². The van der Waals surface area contributed by atoms with Crippen LogP contribution in [0.25, 0.3) is 0 Å². The number of primary amides is 2. The van der Waals surface area contributed by atoms with Crippen LogP contribution in [0.4, 0.5) is 0 Å². The van der Waals surface area contributed by atoms with E-state index in [0.717, 1.165) is 0 Å². The SMILES string of the molecule is NCCCCC(NC(=O)C1CCCN1C(=O)C(CCC(N)=O)NC(=O)C(N)CC(N)=O)C(=O)O. The van der Waals surface area contributed by atoms with E-state index < -0.39 is 66.1 Å². The second kappa shape index (κ2) is 14.1. The third kappa shape index (κ3) is 9.31.